The molecule has 344 valence electrons. The fourth-order valence-electron chi connectivity index (χ4n) is 8.94. The number of aliphatic hydroxyl groups excluding tert-OH is 6. The van der Waals surface area contributed by atoms with Crippen molar-refractivity contribution in [3.63, 3.8) is 0 Å². The summed E-state index contributed by atoms with van der Waals surface area (Å²) in [6, 6.07) is -0.802. The lowest BCUT2D eigenvalue weighted by Crippen LogP contribution is -2.59. The average Bonchev–Trinajstić information content (AvgIpc) is 3.76. The number of hydrogen-bond donors (Lipinski definition) is 8. The van der Waals surface area contributed by atoms with Crippen molar-refractivity contribution in [1.82, 2.24) is 20.3 Å². The number of aliphatic hydroxyl groups is 6. The summed E-state index contributed by atoms with van der Waals surface area (Å²) in [4.78, 5) is 25.0. The van der Waals surface area contributed by atoms with Crippen LogP contribution in [0.2, 0.25) is 0 Å². The molecule has 3 aliphatic heterocycles. The fraction of sp³-hybridized carbons (Fsp3) is 0.902. The Morgan fingerprint density at radius 2 is 1.30 bits per heavy atom. The maximum Gasteiger partial charge on any atom is 0.240 e. The summed E-state index contributed by atoms with van der Waals surface area (Å²) in [6.07, 6.45) is -12.0. The van der Waals surface area contributed by atoms with Crippen LogP contribution in [0.25, 0.3) is 0 Å². The quantitative estimate of drug-likeness (QED) is 0.100. The van der Waals surface area contributed by atoms with E-state index >= 15 is 0 Å². The predicted octanol–water partition coefficient (Wildman–Crippen LogP) is -0.263. The molecule has 60 heavy (non-hydrogen) atoms. The molecule has 1 saturated carbocycles. The number of amides is 2. The summed E-state index contributed by atoms with van der Waals surface area (Å²) < 4.78 is 39.6. The maximum atomic E-state index is 13.0. The van der Waals surface area contributed by atoms with Crippen molar-refractivity contribution < 1.29 is 68.6 Å². The molecule has 3 saturated heterocycles. The van der Waals surface area contributed by atoms with E-state index in [4.69, 9.17) is 34.2 Å². The van der Waals surface area contributed by atoms with Crippen molar-refractivity contribution in [2.24, 2.45) is 41.2 Å². The Balaban J connectivity index is 1.36. The van der Waals surface area contributed by atoms with Gasteiger partial charge in [-0.25, -0.2) is 4.68 Å². The summed E-state index contributed by atoms with van der Waals surface area (Å²) in [7, 11) is 0. The molecular formula is C41H71N5O14. The van der Waals surface area contributed by atoms with Crippen LogP contribution in [0.4, 0.5) is 0 Å². The molecule has 0 aromatic carbocycles. The summed E-state index contributed by atoms with van der Waals surface area (Å²) in [5.74, 6) is -3.11. The van der Waals surface area contributed by atoms with Gasteiger partial charge in [0.25, 0.3) is 0 Å². The first-order valence-electron chi connectivity index (χ1n) is 21.8. The van der Waals surface area contributed by atoms with Gasteiger partial charge in [0, 0.05) is 30.4 Å². The van der Waals surface area contributed by atoms with Gasteiger partial charge in [0.05, 0.1) is 48.9 Å². The highest BCUT2D eigenvalue weighted by atomic mass is 16.8. The molecule has 9 unspecified atom stereocenters. The third kappa shape index (κ3) is 11.0. The number of ether oxygens (including phenoxy) is 6. The van der Waals surface area contributed by atoms with Crippen LogP contribution in [-0.2, 0) is 51.0 Å². The van der Waals surface area contributed by atoms with Crippen LogP contribution in [-0.4, -0.2) is 156 Å². The normalized spacial score (nSPS) is 42.2. The minimum atomic E-state index is -1.46. The number of hydrogen-bond acceptors (Lipinski definition) is 16. The van der Waals surface area contributed by atoms with Crippen molar-refractivity contribution in [1.29, 1.82) is 0 Å². The van der Waals surface area contributed by atoms with Gasteiger partial charge in [-0.15, -0.1) is 5.10 Å². The highest BCUT2D eigenvalue weighted by Gasteiger charge is 2.54. The van der Waals surface area contributed by atoms with E-state index in [2.05, 4.69) is 15.6 Å². The second kappa shape index (κ2) is 20.9. The minimum Gasteiger partial charge on any atom is -0.390 e. The van der Waals surface area contributed by atoms with Crippen LogP contribution in [0.1, 0.15) is 93.7 Å². The number of carbonyl (C=O) groups is 2. The third-order valence-electron chi connectivity index (χ3n) is 12.8. The van der Waals surface area contributed by atoms with Gasteiger partial charge in [0.15, 0.2) is 18.9 Å². The first-order chi connectivity index (χ1) is 28.2. The average molecular weight is 858 g/mol. The lowest BCUT2D eigenvalue weighted by molar-refractivity contribution is -0.325. The molecule has 19 heteroatoms. The van der Waals surface area contributed by atoms with Crippen molar-refractivity contribution in [2.45, 2.75) is 199 Å². The van der Waals surface area contributed by atoms with Crippen molar-refractivity contribution >= 4 is 11.8 Å². The van der Waals surface area contributed by atoms with E-state index in [0.717, 1.165) is 0 Å². The Hall–Kier alpha value is -2.40. The first-order valence-corrected chi connectivity index (χ1v) is 21.8. The summed E-state index contributed by atoms with van der Waals surface area (Å²) >= 11 is 0. The molecule has 4 aliphatic rings. The van der Waals surface area contributed by atoms with Crippen LogP contribution in [0.15, 0.2) is 6.20 Å². The molecular weight excluding hydrogens is 786 g/mol. The van der Waals surface area contributed by atoms with E-state index < -0.39 is 122 Å². The molecule has 21 atom stereocenters. The number of rotatable bonds is 17. The van der Waals surface area contributed by atoms with Gasteiger partial charge in [-0.2, -0.15) is 0 Å². The molecule has 1 aromatic rings. The third-order valence-corrected chi connectivity index (χ3v) is 12.8. The van der Waals surface area contributed by atoms with Crippen molar-refractivity contribution in [3.05, 3.63) is 11.9 Å². The molecule has 0 bridgehead atoms. The highest BCUT2D eigenvalue weighted by molar-refractivity contribution is 5.87. The Morgan fingerprint density at radius 1 is 0.767 bits per heavy atom. The summed E-state index contributed by atoms with van der Waals surface area (Å²) in [5, 5.41) is 77.8. The van der Waals surface area contributed by atoms with E-state index in [1.165, 1.54) is 4.68 Å². The molecule has 0 radical (unpaired) electrons. The fourth-order valence-corrected chi connectivity index (χ4v) is 8.94. The van der Waals surface area contributed by atoms with Gasteiger partial charge in [-0.3, -0.25) is 9.59 Å². The number of nitrogens with one attached hydrogen (secondary N) is 1. The number of aromatic nitrogens is 3. The van der Waals surface area contributed by atoms with E-state index in [0.29, 0.717) is 31.4 Å². The zero-order chi connectivity index (χ0) is 44.3. The summed E-state index contributed by atoms with van der Waals surface area (Å²) in [5.41, 5.74) is 6.01. The molecule has 1 aliphatic carbocycles. The molecule has 0 spiro atoms. The zero-order valence-electron chi connectivity index (χ0n) is 36.4. The minimum absolute atomic E-state index is 0.0111. The van der Waals surface area contributed by atoms with Gasteiger partial charge in [-0.1, -0.05) is 67.5 Å². The molecule has 4 fully saturated rings. The van der Waals surface area contributed by atoms with E-state index in [1.54, 1.807) is 27.0 Å². The van der Waals surface area contributed by atoms with Gasteiger partial charge < -0.3 is 70.1 Å². The monoisotopic (exact) mass is 857 g/mol. The van der Waals surface area contributed by atoms with E-state index in [-0.39, 0.29) is 36.6 Å². The SMILES string of the molecule is CCC1O[C@@H](O[C@@H]2C(C)C[C@@H](C)C(O)[C@H]2O[C@@H]2O[C@H](Cn3cc(CC(C)C(=O)NC(CC(C)C)C(N)=O)nn3)[C@@H](O[C@H]3O[C@@H](CC)[C@@H](O)C(O)C3C)C2O)C(C)[C@@H](O)[C@@H]1O. The Morgan fingerprint density at radius 3 is 1.83 bits per heavy atom. The van der Waals surface area contributed by atoms with Crippen LogP contribution in [0.3, 0.4) is 0 Å². The van der Waals surface area contributed by atoms with Gasteiger partial charge in [0.1, 0.15) is 42.7 Å². The molecule has 2 amide bonds. The van der Waals surface area contributed by atoms with E-state index in [9.17, 15) is 40.2 Å². The van der Waals surface area contributed by atoms with Gasteiger partial charge >= 0.3 is 0 Å². The second-order valence-corrected chi connectivity index (χ2v) is 18.2. The molecule has 9 N–H and O–H groups in total. The van der Waals surface area contributed by atoms with Crippen molar-refractivity contribution in [3.8, 4) is 0 Å². The lowest BCUT2D eigenvalue weighted by Gasteiger charge is -2.47. The van der Waals surface area contributed by atoms with Crippen molar-refractivity contribution in [2.75, 3.05) is 0 Å². The molecule has 4 heterocycles. The Bertz CT molecular complexity index is 1540. The van der Waals surface area contributed by atoms with Gasteiger partial charge in [0.2, 0.25) is 11.8 Å². The standard InChI is InChI=1S/C41H71N5O14/c1-10-25-31(50)29(48)21(8)39(55-25)58-34-19(6)13-18(5)28(47)36(34)60-41-33(52)35(59-40-22(9)30(49)32(51)26(11-2)56-40)27(57-41)16-46-15-23(44-45-46)14-20(7)38(54)43-24(37(42)53)12-17(3)4/h15,17-22,24-36,39-41,47-52H,10-14,16H2,1-9H3,(H2,42,53)(H,43,54)/t18-,19?,20?,21?,22?,24?,25?,26+,27-,28?,29-,30?,31-,32-,33?,34-,35-,36-,39+,40-,41+/m1/s1. The van der Waals surface area contributed by atoms with Crippen LogP contribution in [0, 0.1) is 35.5 Å². The number of primary amides is 1. The largest absolute Gasteiger partial charge is 0.390 e. The molecule has 5 rings (SSSR count). The molecule has 1 aromatic heterocycles. The van der Waals surface area contributed by atoms with E-state index in [1.807, 2.05) is 41.5 Å². The van der Waals surface area contributed by atoms with Crippen LogP contribution in [0.5, 0.6) is 0 Å². The maximum absolute atomic E-state index is 13.0. The number of nitrogens with two attached hydrogens (primary N) is 1. The Labute approximate surface area is 352 Å². The Kier molecular flexibility index (Phi) is 16.9. The van der Waals surface area contributed by atoms with Crippen LogP contribution < -0.4 is 11.1 Å². The number of nitrogens with zero attached hydrogens (tertiary/aromatic N) is 3. The lowest BCUT2D eigenvalue weighted by atomic mass is 9.77. The smallest absolute Gasteiger partial charge is 0.240 e. The number of carbonyl (C=O) groups excluding carboxylic acids is 2. The highest BCUT2D eigenvalue weighted by Crippen LogP contribution is 2.40. The first kappa shape index (κ1) is 48.6. The molecule has 19 nitrogen and oxygen atoms in total. The van der Waals surface area contributed by atoms with Crippen LogP contribution >= 0.6 is 0 Å². The zero-order valence-corrected chi connectivity index (χ0v) is 36.4. The topological polar surface area (TPSA) is 280 Å². The van der Waals surface area contributed by atoms with Gasteiger partial charge in [-0.05, 0) is 43.4 Å². The second-order valence-electron chi connectivity index (χ2n) is 18.2. The predicted molar refractivity (Wildman–Crippen MR) is 212 cm³/mol. The summed E-state index contributed by atoms with van der Waals surface area (Å²) in [6.45, 7) is 16.4.